The van der Waals surface area contributed by atoms with Gasteiger partial charge in [0, 0.05) is 11.0 Å². The summed E-state index contributed by atoms with van der Waals surface area (Å²) in [7, 11) is 0. The van der Waals surface area contributed by atoms with Gasteiger partial charge in [-0.15, -0.1) is 0 Å². The first-order valence-electron chi connectivity index (χ1n) is 5.89. The first-order chi connectivity index (χ1) is 9.20. The van der Waals surface area contributed by atoms with Crippen LogP contribution in [-0.4, -0.2) is 9.97 Å². The smallest absolute Gasteiger partial charge is 0.161 e. The molecule has 0 aliphatic carbocycles. The molecule has 0 unspecified atom stereocenters. The molecule has 1 aromatic heterocycles. The molecule has 0 aliphatic rings. The van der Waals surface area contributed by atoms with E-state index in [0.29, 0.717) is 21.0 Å². The third-order valence-electron chi connectivity index (χ3n) is 2.70. The summed E-state index contributed by atoms with van der Waals surface area (Å²) in [6.45, 7) is 6.05. The van der Waals surface area contributed by atoms with E-state index in [-0.39, 0.29) is 10.4 Å². The molecule has 0 saturated carbocycles. The molecule has 0 amide bonds. The van der Waals surface area contributed by atoms with Crippen LogP contribution in [0.4, 0.5) is 4.39 Å². The molecule has 2 nitrogen and oxygen atoms in total. The van der Waals surface area contributed by atoms with Crippen molar-refractivity contribution in [3.05, 3.63) is 44.4 Å². The SMILES string of the molecule is CC(C)(C)c1nc(-c2ccc(Cl)c(F)c2)nc(Cl)c1Br. The molecule has 2 aromatic rings. The lowest BCUT2D eigenvalue weighted by molar-refractivity contribution is 0.564. The van der Waals surface area contributed by atoms with Crippen molar-refractivity contribution in [2.24, 2.45) is 0 Å². The summed E-state index contributed by atoms with van der Waals surface area (Å²) in [6.07, 6.45) is 0. The number of halogens is 4. The van der Waals surface area contributed by atoms with Gasteiger partial charge in [0.25, 0.3) is 0 Å². The Balaban J connectivity index is 2.63. The van der Waals surface area contributed by atoms with Gasteiger partial charge in [-0.25, -0.2) is 14.4 Å². The van der Waals surface area contributed by atoms with E-state index in [2.05, 4.69) is 25.9 Å². The average Bonchev–Trinajstić information content (AvgIpc) is 2.34. The number of nitrogens with zero attached hydrogens (tertiary/aromatic N) is 2. The Morgan fingerprint density at radius 1 is 1.15 bits per heavy atom. The fraction of sp³-hybridized carbons (Fsp3) is 0.286. The van der Waals surface area contributed by atoms with Gasteiger partial charge in [-0.05, 0) is 34.1 Å². The monoisotopic (exact) mass is 376 g/mol. The van der Waals surface area contributed by atoms with E-state index in [1.807, 2.05) is 20.8 Å². The molecule has 1 aromatic carbocycles. The molecule has 0 bridgehead atoms. The van der Waals surface area contributed by atoms with Crippen molar-refractivity contribution >= 4 is 39.1 Å². The third-order valence-corrected chi connectivity index (χ3v) is 4.26. The molecule has 1 heterocycles. The average molecular weight is 378 g/mol. The molecule has 0 fully saturated rings. The third kappa shape index (κ3) is 3.13. The first-order valence-corrected chi connectivity index (χ1v) is 7.44. The second kappa shape index (κ2) is 5.58. The molecule has 0 aliphatic heterocycles. The molecule has 106 valence electrons. The van der Waals surface area contributed by atoms with E-state index in [1.165, 1.54) is 12.1 Å². The van der Waals surface area contributed by atoms with Gasteiger partial charge >= 0.3 is 0 Å². The maximum absolute atomic E-state index is 13.5. The number of rotatable bonds is 1. The predicted molar refractivity (Wildman–Crippen MR) is 83.8 cm³/mol. The van der Waals surface area contributed by atoms with Gasteiger partial charge in [0.15, 0.2) is 5.82 Å². The summed E-state index contributed by atoms with van der Waals surface area (Å²) in [6, 6.07) is 4.44. The summed E-state index contributed by atoms with van der Waals surface area (Å²) in [5, 5.41) is 0.364. The van der Waals surface area contributed by atoms with Gasteiger partial charge in [-0.2, -0.15) is 0 Å². The molecule has 0 atom stereocenters. The first kappa shape index (κ1) is 15.7. The summed E-state index contributed by atoms with van der Waals surface area (Å²) >= 11 is 15.2. The highest BCUT2D eigenvalue weighted by atomic mass is 79.9. The van der Waals surface area contributed by atoms with Crippen LogP contribution in [0.2, 0.25) is 10.2 Å². The normalized spacial score (nSPS) is 11.8. The van der Waals surface area contributed by atoms with Crippen LogP contribution >= 0.6 is 39.1 Å². The van der Waals surface area contributed by atoms with E-state index < -0.39 is 5.82 Å². The van der Waals surface area contributed by atoms with Gasteiger partial charge < -0.3 is 0 Å². The Hall–Kier alpha value is -0.710. The lowest BCUT2D eigenvalue weighted by Crippen LogP contribution is -2.16. The highest BCUT2D eigenvalue weighted by Gasteiger charge is 2.23. The van der Waals surface area contributed by atoms with Gasteiger partial charge in [-0.1, -0.05) is 44.0 Å². The molecule has 20 heavy (non-hydrogen) atoms. The number of aromatic nitrogens is 2. The zero-order valence-electron chi connectivity index (χ0n) is 11.1. The van der Waals surface area contributed by atoms with E-state index in [9.17, 15) is 4.39 Å². The molecule has 0 spiro atoms. The maximum Gasteiger partial charge on any atom is 0.161 e. The second-order valence-corrected chi connectivity index (χ2v) is 6.94. The van der Waals surface area contributed by atoms with E-state index in [4.69, 9.17) is 23.2 Å². The maximum atomic E-state index is 13.5. The minimum atomic E-state index is -0.510. The zero-order chi connectivity index (χ0) is 15.1. The van der Waals surface area contributed by atoms with Gasteiger partial charge in [0.2, 0.25) is 0 Å². The minimum absolute atomic E-state index is 0.0630. The highest BCUT2D eigenvalue weighted by molar-refractivity contribution is 9.10. The topological polar surface area (TPSA) is 25.8 Å². The van der Waals surface area contributed by atoms with Gasteiger partial charge in [0.1, 0.15) is 11.0 Å². The Bertz CT molecular complexity index is 669. The van der Waals surface area contributed by atoms with Crippen LogP contribution in [0.15, 0.2) is 22.7 Å². The van der Waals surface area contributed by atoms with Crippen LogP contribution < -0.4 is 0 Å². The Kier molecular flexibility index (Phi) is 4.38. The fourth-order valence-corrected chi connectivity index (χ4v) is 2.74. The van der Waals surface area contributed by atoms with Crippen LogP contribution in [0.1, 0.15) is 26.5 Å². The minimum Gasteiger partial charge on any atom is -0.231 e. The molecule has 0 radical (unpaired) electrons. The summed E-state index contributed by atoms with van der Waals surface area (Å²) in [4.78, 5) is 8.68. The highest BCUT2D eigenvalue weighted by Crippen LogP contribution is 2.34. The molecule has 2 rings (SSSR count). The quantitative estimate of drug-likeness (QED) is 0.600. The Labute approximate surface area is 135 Å². The van der Waals surface area contributed by atoms with Crippen molar-refractivity contribution in [3.63, 3.8) is 0 Å². The van der Waals surface area contributed by atoms with Crippen LogP contribution in [-0.2, 0) is 5.41 Å². The van der Waals surface area contributed by atoms with Crippen molar-refractivity contribution in [2.45, 2.75) is 26.2 Å². The summed E-state index contributed by atoms with van der Waals surface area (Å²) in [5.74, 6) is -0.136. The Morgan fingerprint density at radius 3 is 2.35 bits per heavy atom. The largest absolute Gasteiger partial charge is 0.231 e. The molecular weight excluding hydrogens is 366 g/mol. The Morgan fingerprint density at radius 2 is 1.80 bits per heavy atom. The summed E-state index contributed by atoms with van der Waals surface area (Å²) < 4.78 is 14.2. The van der Waals surface area contributed by atoms with E-state index in [1.54, 1.807) is 6.07 Å². The molecule has 6 heteroatoms. The number of hydrogen-bond acceptors (Lipinski definition) is 2. The zero-order valence-corrected chi connectivity index (χ0v) is 14.2. The van der Waals surface area contributed by atoms with Crippen molar-refractivity contribution in [1.82, 2.24) is 9.97 Å². The number of benzene rings is 1. The molecule has 0 saturated heterocycles. The van der Waals surface area contributed by atoms with E-state index in [0.717, 1.165) is 5.69 Å². The van der Waals surface area contributed by atoms with Gasteiger partial charge in [-0.3, -0.25) is 0 Å². The molecular formula is C14H12BrCl2FN2. The van der Waals surface area contributed by atoms with Crippen LogP contribution in [0, 0.1) is 5.82 Å². The van der Waals surface area contributed by atoms with Crippen molar-refractivity contribution in [2.75, 3.05) is 0 Å². The second-order valence-electron chi connectivity index (χ2n) is 5.38. The summed E-state index contributed by atoms with van der Waals surface area (Å²) in [5.41, 5.74) is 1.08. The van der Waals surface area contributed by atoms with Crippen molar-refractivity contribution in [1.29, 1.82) is 0 Å². The van der Waals surface area contributed by atoms with Crippen LogP contribution in [0.5, 0.6) is 0 Å². The molecule has 0 N–H and O–H groups in total. The van der Waals surface area contributed by atoms with E-state index >= 15 is 0 Å². The standard InChI is InChI=1S/C14H12BrCl2FN2/c1-14(2,3)11-10(15)12(17)20-13(19-11)7-4-5-8(16)9(18)6-7/h4-6H,1-3H3. The fourth-order valence-electron chi connectivity index (χ4n) is 1.68. The number of hydrogen-bond donors (Lipinski definition) is 0. The van der Waals surface area contributed by atoms with Crippen molar-refractivity contribution in [3.8, 4) is 11.4 Å². The lowest BCUT2D eigenvalue weighted by Gasteiger charge is -2.20. The van der Waals surface area contributed by atoms with Gasteiger partial charge in [0.05, 0.1) is 15.2 Å². The lowest BCUT2D eigenvalue weighted by atomic mass is 9.92. The van der Waals surface area contributed by atoms with Crippen molar-refractivity contribution < 1.29 is 4.39 Å². The predicted octanol–water partition coefficient (Wildman–Crippen LogP) is 5.65. The van der Waals surface area contributed by atoms with Crippen LogP contribution in [0.3, 0.4) is 0 Å². The van der Waals surface area contributed by atoms with Crippen LogP contribution in [0.25, 0.3) is 11.4 Å².